The van der Waals surface area contributed by atoms with E-state index >= 15 is 0 Å². The molecule has 1 atom stereocenters. The molecule has 1 aliphatic rings. The number of aromatic nitrogens is 2. The Morgan fingerprint density at radius 1 is 1.50 bits per heavy atom. The standard InChI is InChI=1S/C15H20N2O3/c1-10(2)17-14(13(19-3)9-16-17)15(18)7-4-5-12-11(15)6-8-20-12/h6,8-10,18H,4-5,7H2,1-3H3. The Morgan fingerprint density at radius 3 is 3.00 bits per heavy atom. The average molecular weight is 276 g/mol. The summed E-state index contributed by atoms with van der Waals surface area (Å²) in [6.07, 6.45) is 5.70. The van der Waals surface area contributed by atoms with Crippen LogP contribution in [0.3, 0.4) is 0 Å². The second-order valence-electron chi connectivity index (χ2n) is 5.57. The van der Waals surface area contributed by atoms with Gasteiger partial charge in [0.1, 0.15) is 17.1 Å². The molecule has 1 unspecified atom stereocenters. The van der Waals surface area contributed by atoms with Crippen molar-refractivity contribution in [2.45, 2.75) is 44.8 Å². The van der Waals surface area contributed by atoms with Gasteiger partial charge >= 0.3 is 0 Å². The van der Waals surface area contributed by atoms with Gasteiger partial charge in [0, 0.05) is 18.0 Å². The molecule has 1 aliphatic carbocycles. The Morgan fingerprint density at radius 2 is 2.30 bits per heavy atom. The molecule has 0 radical (unpaired) electrons. The fourth-order valence-corrected chi connectivity index (χ4v) is 3.07. The molecule has 0 saturated heterocycles. The van der Waals surface area contributed by atoms with Crippen molar-refractivity contribution in [3.05, 3.63) is 35.5 Å². The predicted molar refractivity (Wildman–Crippen MR) is 73.8 cm³/mol. The van der Waals surface area contributed by atoms with Gasteiger partial charge in [0.15, 0.2) is 5.75 Å². The van der Waals surface area contributed by atoms with Crippen molar-refractivity contribution >= 4 is 0 Å². The quantitative estimate of drug-likeness (QED) is 0.936. The molecule has 2 aromatic heterocycles. The smallest absolute Gasteiger partial charge is 0.163 e. The number of rotatable bonds is 3. The summed E-state index contributed by atoms with van der Waals surface area (Å²) in [4.78, 5) is 0. The molecule has 5 nitrogen and oxygen atoms in total. The topological polar surface area (TPSA) is 60.4 Å². The first-order chi connectivity index (χ1) is 9.58. The van der Waals surface area contributed by atoms with Gasteiger partial charge in [-0.25, -0.2) is 0 Å². The number of aliphatic hydroxyl groups is 1. The summed E-state index contributed by atoms with van der Waals surface area (Å²) in [5.41, 5.74) is 0.467. The molecular formula is C15H20N2O3. The lowest BCUT2D eigenvalue weighted by atomic mass is 9.80. The summed E-state index contributed by atoms with van der Waals surface area (Å²) in [5.74, 6) is 1.48. The van der Waals surface area contributed by atoms with Crippen LogP contribution < -0.4 is 4.74 Å². The van der Waals surface area contributed by atoms with Crippen LogP contribution in [0.15, 0.2) is 22.9 Å². The van der Waals surface area contributed by atoms with Crippen molar-refractivity contribution in [2.24, 2.45) is 0 Å². The third-order valence-corrected chi connectivity index (χ3v) is 4.00. The third kappa shape index (κ3) is 1.77. The maximum absolute atomic E-state index is 11.3. The molecular weight excluding hydrogens is 256 g/mol. The number of furan rings is 1. The molecule has 0 fully saturated rings. The van der Waals surface area contributed by atoms with E-state index in [4.69, 9.17) is 9.15 Å². The van der Waals surface area contributed by atoms with Gasteiger partial charge in [-0.2, -0.15) is 5.10 Å². The highest BCUT2D eigenvalue weighted by atomic mass is 16.5. The molecule has 3 rings (SSSR count). The number of hydrogen-bond donors (Lipinski definition) is 1. The van der Waals surface area contributed by atoms with E-state index in [0.29, 0.717) is 12.2 Å². The van der Waals surface area contributed by atoms with E-state index in [1.165, 1.54) is 0 Å². The Bertz CT molecular complexity index is 614. The predicted octanol–water partition coefficient (Wildman–Crippen LogP) is 2.64. The lowest BCUT2D eigenvalue weighted by molar-refractivity contribution is 0.0459. The molecule has 0 saturated carbocycles. The minimum atomic E-state index is -1.09. The number of methoxy groups -OCH3 is 1. The zero-order chi connectivity index (χ0) is 14.3. The summed E-state index contributed by atoms with van der Waals surface area (Å²) in [5, 5.41) is 15.7. The third-order valence-electron chi connectivity index (χ3n) is 4.00. The number of ether oxygens (including phenoxy) is 1. The van der Waals surface area contributed by atoms with Crippen molar-refractivity contribution in [1.29, 1.82) is 0 Å². The number of aryl methyl sites for hydroxylation is 1. The van der Waals surface area contributed by atoms with Crippen LogP contribution in [0.1, 0.15) is 49.7 Å². The zero-order valence-electron chi connectivity index (χ0n) is 12.1. The second-order valence-corrected chi connectivity index (χ2v) is 5.57. The van der Waals surface area contributed by atoms with Gasteiger partial charge in [-0.05, 0) is 32.8 Å². The Hall–Kier alpha value is -1.75. The van der Waals surface area contributed by atoms with Crippen molar-refractivity contribution < 1.29 is 14.3 Å². The van der Waals surface area contributed by atoms with Crippen LogP contribution in [0, 0.1) is 0 Å². The Labute approximate surface area is 118 Å². The highest BCUT2D eigenvalue weighted by Crippen LogP contribution is 2.44. The number of fused-ring (bicyclic) bond motifs is 1. The molecule has 1 N–H and O–H groups in total. The van der Waals surface area contributed by atoms with Crippen LogP contribution >= 0.6 is 0 Å². The Kier molecular flexibility index (Phi) is 3.09. The van der Waals surface area contributed by atoms with Crippen molar-refractivity contribution in [2.75, 3.05) is 7.11 Å². The summed E-state index contributed by atoms with van der Waals surface area (Å²) in [6, 6.07) is 2.00. The fraction of sp³-hybridized carbons (Fsp3) is 0.533. The summed E-state index contributed by atoms with van der Waals surface area (Å²) < 4.78 is 12.7. The SMILES string of the molecule is COc1cnn(C(C)C)c1C1(O)CCCc2occc21. The van der Waals surface area contributed by atoms with Gasteiger partial charge < -0.3 is 14.3 Å². The van der Waals surface area contributed by atoms with E-state index in [2.05, 4.69) is 5.10 Å². The second kappa shape index (κ2) is 4.66. The minimum Gasteiger partial charge on any atom is -0.493 e. The van der Waals surface area contributed by atoms with Gasteiger partial charge in [-0.1, -0.05) is 0 Å². The molecule has 5 heteroatoms. The van der Waals surface area contributed by atoms with Gasteiger partial charge in [-0.15, -0.1) is 0 Å². The molecule has 0 aromatic carbocycles. The molecule has 0 aliphatic heterocycles. The Balaban J connectivity index is 2.21. The molecule has 2 aromatic rings. The van der Waals surface area contributed by atoms with E-state index in [1.807, 2.05) is 24.6 Å². The number of hydrogen-bond acceptors (Lipinski definition) is 4. The molecule has 0 spiro atoms. The largest absolute Gasteiger partial charge is 0.493 e. The van der Waals surface area contributed by atoms with Gasteiger partial charge in [0.2, 0.25) is 0 Å². The molecule has 0 amide bonds. The van der Waals surface area contributed by atoms with Crippen LogP contribution in [0.25, 0.3) is 0 Å². The lowest BCUT2D eigenvalue weighted by Gasteiger charge is -2.33. The van der Waals surface area contributed by atoms with Crippen molar-refractivity contribution in [3.8, 4) is 5.75 Å². The van der Waals surface area contributed by atoms with Crippen LogP contribution in [-0.2, 0) is 12.0 Å². The minimum absolute atomic E-state index is 0.148. The first-order valence-corrected chi connectivity index (χ1v) is 6.99. The summed E-state index contributed by atoms with van der Waals surface area (Å²) >= 11 is 0. The van der Waals surface area contributed by atoms with Gasteiger partial charge in [0.05, 0.1) is 19.6 Å². The zero-order valence-corrected chi connectivity index (χ0v) is 12.1. The highest BCUT2D eigenvalue weighted by Gasteiger charge is 2.43. The van der Waals surface area contributed by atoms with E-state index in [-0.39, 0.29) is 6.04 Å². The van der Waals surface area contributed by atoms with E-state index in [9.17, 15) is 5.11 Å². The van der Waals surface area contributed by atoms with E-state index < -0.39 is 5.60 Å². The fourth-order valence-electron chi connectivity index (χ4n) is 3.07. The highest BCUT2D eigenvalue weighted by molar-refractivity contribution is 5.42. The van der Waals surface area contributed by atoms with Gasteiger partial charge in [-0.3, -0.25) is 4.68 Å². The van der Waals surface area contributed by atoms with Crippen LogP contribution in [0.4, 0.5) is 0 Å². The van der Waals surface area contributed by atoms with Crippen LogP contribution in [-0.4, -0.2) is 22.0 Å². The molecule has 0 bridgehead atoms. The van der Waals surface area contributed by atoms with Gasteiger partial charge in [0.25, 0.3) is 0 Å². The van der Waals surface area contributed by atoms with Crippen LogP contribution in [0.5, 0.6) is 5.75 Å². The summed E-state index contributed by atoms with van der Waals surface area (Å²) in [7, 11) is 1.60. The summed E-state index contributed by atoms with van der Waals surface area (Å²) in [6.45, 7) is 4.08. The molecule has 20 heavy (non-hydrogen) atoms. The normalized spacial score (nSPS) is 22.1. The maximum Gasteiger partial charge on any atom is 0.163 e. The molecule has 108 valence electrons. The monoisotopic (exact) mass is 276 g/mol. The maximum atomic E-state index is 11.3. The van der Waals surface area contributed by atoms with Crippen LogP contribution in [0.2, 0.25) is 0 Å². The molecule has 2 heterocycles. The first kappa shape index (κ1) is 13.2. The number of nitrogens with zero attached hydrogens (tertiary/aromatic N) is 2. The average Bonchev–Trinajstić information content (AvgIpc) is 3.05. The van der Waals surface area contributed by atoms with Crippen molar-refractivity contribution in [1.82, 2.24) is 9.78 Å². The lowest BCUT2D eigenvalue weighted by Crippen LogP contribution is -2.34. The van der Waals surface area contributed by atoms with E-state index in [0.717, 1.165) is 29.9 Å². The first-order valence-electron chi connectivity index (χ1n) is 6.99. The van der Waals surface area contributed by atoms with Crippen molar-refractivity contribution in [3.63, 3.8) is 0 Å². The van der Waals surface area contributed by atoms with E-state index in [1.54, 1.807) is 19.6 Å².